The summed E-state index contributed by atoms with van der Waals surface area (Å²) in [5.74, 6) is -7.48. The second kappa shape index (κ2) is 6.90. The average Bonchev–Trinajstić information content (AvgIpc) is 2.59. The van der Waals surface area contributed by atoms with Crippen molar-refractivity contribution in [1.82, 2.24) is 9.97 Å². The number of aryl methyl sites for hydroxylation is 1. The van der Waals surface area contributed by atoms with Gasteiger partial charge in [-0.3, -0.25) is 0 Å². The van der Waals surface area contributed by atoms with Crippen LogP contribution in [-0.2, 0) is 6.11 Å². The number of hydrogen-bond donors (Lipinski definition) is 0. The molecule has 1 aromatic heterocycles. The van der Waals surface area contributed by atoms with E-state index in [1.165, 1.54) is 12.4 Å². The molecule has 3 nitrogen and oxygen atoms in total. The van der Waals surface area contributed by atoms with E-state index >= 15 is 0 Å². The molecule has 0 aliphatic rings. The van der Waals surface area contributed by atoms with Crippen molar-refractivity contribution in [3.63, 3.8) is 0 Å². The molecule has 0 aliphatic heterocycles. The van der Waals surface area contributed by atoms with Gasteiger partial charge in [0.15, 0.2) is 23.3 Å². The summed E-state index contributed by atoms with van der Waals surface area (Å²) < 4.78 is 86.0. The van der Waals surface area contributed by atoms with Crippen LogP contribution in [0, 0.1) is 30.2 Å². The number of halogens is 6. The predicted molar refractivity (Wildman–Crippen MR) is 83.0 cm³/mol. The Morgan fingerprint density at radius 2 is 1.44 bits per heavy atom. The number of rotatable bonds is 4. The zero-order valence-corrected chi connectivity index (χ0v) is 13.6. The van der Waals surface area contributed by atoms with Crippen LogP contribution >= 0.6 is 0 Å². The van der Waals surface area contributed by atoms with E-state index in [0.717, 1.165) is 23.8 Å². The zero-order valence-electron chi connectivity index (χ0n) is 13.6. The fourth-order valence-corrected chi connectivity index (χ4v) is 2.23. The van der Waals surface area contributed by atoms with Gasteiger partial charge in [0.2, 0.25) is 0 Å². The lowest BCUT2D eigenvalue weighted by Crippen LogP contribution is -2.23. The van der Waals surface area contributed by atoms with Crippen molar-refractivity contribution in [3.05, 3.63) is 77.1 Å². The van der Waals surface area contributed by atoms with Crippen molar-refractivity contribution in [2.24, 2.45) is 0 Å². The Kier molecular flexibility index (Phi) is 4.77. The highest BCUT2D eigenvalue weighted by atomic mass is 19.3. The fraction of sp³-hybridized carbons (Fsp3) is 0.111. The van der Waals surface area contributed by atoms with E-state index in [9.17, 15) is 26.3 Å². The molecule has 0 bridgehead atoms. The molecule has 0 radical (unpaired) electrons. The summed E-state index contributed by atoms with van der Waals surface area (Å²) in [6, 6.07) is 3.14. The van der Waals surface area contributed by atoms with Crippen LogP contribution in [0.25, 0.3) is 11.4 Å². The van der Waals surface area contributed by atoms with Crippen molar-refractivity contribution in [1.29, 1.82) is 0 Å². The highest BCUT2D eigenvalue weighted by Crippen LogP contribution is 2.35. The van der Waals surface area contributed by atoms with E-state index in [2.05, 4.69) is 14.7 Å². The molecule has 27 heavy (non-hydrogen) atoms. The molecule has 0 amide bonds. The van der Waals surface area contributed by atoms with Gasteiger partial charge >= 0.3 is 6.11 Å². The van der Waals surface area contributed by atoms with Crippen LogP contribution in [0.15, 0.2) is 42.7 Å². The average molecular weight is 384 g/mol. The molecule has 140 valence electrons. The van der Waals surface area contributed by atoms with Gasteiger partial charge in [-0.25, -0.2) is 27.5 Å². The predicted octanol–water partition coefficient (Wildman–Crippen LogP) is 5.14. The Morgan fingerprint density at radius 1 is 0.852 bits per heavy atom. The molecule has 2 aromatic carbocycles. The minimum atomic E-state index is -4.27. The van der Waals surface area contributed by atoms with Gasteiger partial charge in [0.25, 0.3) is 0 Å². The molecule has 0 saturated carbocycles. The van der Waals surface area contributed by atoms with Gasteiger partial charge in [-0.15, -0.1) is 0 Å². The largest absolute Gasteiger partial charge is 0.429 e. The smallest absolute Gasteiger partial charge is 0.429 e. The molecule has 0 fully saturated rings. The fourth-order valence-electron chi connectivity index (χ4n) is 2.23. The molecule has 9 heteroatoms. The van der Waals surface area contributed by atoms with Gasteiger partial charge in [0, 0.05) is 30.1 Å². The van der Waals surface area contributed by atoms with Crippen LogP contribution in [-0.4, -0.2) is 9.97 Å². The van der Waals surface area contributed by atoms with Gasteiger partial charge in [-0.05, 0) is 24.6 Å². The third kappa shape index (κ3) is 3.86. The number of benzene rings is 2. The number of aromatic nitrogens is 2. The van der Waals surface area contributed by atoms with E-state index in [1.807, 2.05) is 0 Å². The lowest BCUT2D eigenvalue weighted by atomic mass is 10.1. The van der Waals surface area contributed by atoms with Crippen LogP contribution in [0.5, 0.6) is 5.75 Å². The minimum Gasteiger partial charge on any atom is -0.429 e. The molecule has 0 spiro atoms. The number of ether oxygens (including phenoxy) is 1. The summed E-state index contributed by atoms with van der Waals surface area (Å²) in [6.45, 7) is 1.74. The summed E-state index contributed by atoms with van der Waals surface area (Å²) in [4.78, 5) is 7.92. The minimum absolute atomic E-state index is 0.123. The first-order chi connectivity index (χ1) is 12.7. The van der Waals surface area contributed by atoms with E-state index in [1.54, 1.807) is 6.92 Å². The maximum atomic E-state index is 14.2. The number of alkyl halides is 2. The van der Waals surface area contributed by atoms with Crippen molar-refractivity contribution >= 4 is 0 Å². The molecule has 0 saturated heterocycles. The van der Waals surface area contributed by atoms with Gasteiger partial charge in [-0.1, -0.05) is 6.07 Å². The molecule has 3 aromatic rings. The summed E-state index contributed by atoms with van der Waals surface area (Å²) >= 11 is 0. The summed E-state index contributed by atoms with van der Waals surface area (Å²) in [6.07, 6.45) is -1.32. The number of nitrogens with zero attached hydrogens (tertiary/aromatic N) is 2. The Hall–Kier alpha value is -3.10. The summed E-state index contributed by atoms with van der Waals surface area (Å²) in [7, 11) is 0. The SMILES string of the molecule is Cc1cnc(-c2ccc(C(F)(F)Oc3cc(F)c(F)c(F)c3)c(F)c2)nc1. The normalized spacial score (nSPS) is 11.5. The topological polar surface area (TPSA) is 35.0 Å². The van der Waals surface area contributed by atoms with Crippen LogP contribution in [0.1, 0.15) is 11.1 Å². The first-order valence-electron chi connectivity index (χ1n) is 7.48. The van der Waals surface area contributed by atoms with Crippen molar-refractivity contribution in [2.45, 2.75) is 13.0 Å². The molecule has 0 N–H and O–H groups in total. The Balaban J connectivity index is 1.91. The Labute approximate surface area is 149 Å². The maximum absolute atomic E-state index is 14.2. The summed E-state index contributed by atoms with van der Waals surface area (Å²) in [5, 5.41) is 0. The zero-order chi connectivity index (χ0) is 19.8. The molecule has 0 unspecified atom stereocenters. The second-order valence-electron chi connectivity index (χ2n) is 5.60. The van der Waals surface area contributed by atoms with Gasteiger partial charge in [0.05, 0.1) is 5.56 Å². The molecular weight excluding hydrogens is 374 g/mol. The quantitative estimate of drug-likeness (QED) is 0.462. The Morgan fingerprint density at radius 3 is 2.00 bits per heavy atom. The van der Waals surface area contributed by atoms with E-state index < -0.39 is 40.7 Å². The number of hydrogen-bond acceptors (Lipinski definition) is 3. The molecule has 0 aliphatic carbocycles. The van der Waals surface area contributed by atoms with E-state index in [-0.39, 0.29) is 23.5 Å². The second-order valence-corrected chi connectivity index (χ2v) is 5.60. The monoisotopic (exact) mass is 384 g/mol. The van der Waals surface area contributed by atoms with Crippen LogP contribution in [0.2, 0.25) is 0 Å². The maximum Gasteiger partial charge on any atom is 0.429 e. The van der Waals surface area contributed by atoms with Crippen LogP contribution in [0.3, 0.4) is 0 Å². The molecule has 3 rings (SSSR count). The van der Waals surface area contributed by atoms with Gasteiger partial charge < -0.3 is 4.74 Å². The molecule has 0 atom stereocenters. The lowest BCUT2D eigenvalue weighted by molar-refractivity contribution is -0.187. The standard InChI is InChI=1S/C18H10F6N2O/c1-9-7-25-17(26-8-9)10-2-3-12(13(19)4-10)18(23,24)27-11-5-14(20)16(22)15(21)6-11/h2-8H,1H3. The van der Waals surface area contributed by atoms with E-state index in [0.29, 0.717) is 0 Å². The van der Waals surface area contributed by atoms with E-state index in [4.69, 9.17) is 0 Å². The molecule has 1 heterocycles. The van der Waals surface area contributed by atoms with Crippen LogP contribution < -0.4 is 4.74 Å². The van der Waals surface area contributed by atoms with Crippen LogP contribution in [0.4, 0.5) is 26.3 Å². The van der Waals surface area contributed by atoms with Gasteiger partial charge in [0.1, 0.15) is 11.6 Å². The third-order valence-corrected chi connectivity index (χ3v) is 3.53. The van der Waals surface area contributed by atoms with Crippen molar-refractivity contribution < 1.29 is 31.1 Å². The van der Waals surface area contributed by atoms with Gasteiger partial charge in [-0.2, -0.15) is 8.78 Å². The highest BCUT2D eigenvalue weighted by molar-refractivity contribution is 5.55. The first-order valence-corrected chi connectivity index (χ1v) is 7.48. The van der Waals surface area contributed by atoms with Crippen molar-refractivity contribution in [2.75, 3.05) is 0 Å². The third-order valence-electron chi connectivity index (χ3n) is 3.53. The highest BCUT2D eigenvalue weighted by Gasteiger charge is 2.38. The Bertz CT molecular complexity index is 969. The van der Waals surface area contributed by atoms with Crippen molar-refractivity contribution in [3.8, 4) is 17.1 Å². The first kappa shape index (κ1) is 18.7. The lowest BCUT2D eigenvalue weighted by Gasteiger charge is -2.19. The summed E-state index contributed by atoms with van der Waals surface area (Å²) in [5.41, 5.74) is -0.274. The molecular formula is C18H10F6N2O.